The fraction of sp³-hybridized carbons (Fsp3) is 0.333. The molecule has 7 heteroatoms. The minimum atomic E-state index is -0.710. The Bertz CT molecular complexity index is 858. The van der Waals surface area contributed by atoms with E-state index in [-0.39, 0.29) is 5.91 Å². The van der Waals surface area contributed by atoms with Gasteiger partial charge < -0.3 is 10.6 Å². The lowest BCUT2D eigenvalue weighted by Gasteiger charge is -2.29. The van der Waals surface area contributed by atoms with Gasteiger partial charge in [0.25, 0.3) is 12.2 Å². The molecule has 2 atom stereocenters. The molecule has 0 fully saturated rings. The Kier molecular flexibility index (Phi) is 6.39. The third kappa shape index (κ3) is 4.38. The van der Waals surface area contributed by atoms with E-state index in [4.69, 9.17) is 14.9 Å². The highest BCUT2D eigenvalue weighted by Gasteiger charge is 2.39. The van der Waals surface area contributed by atoms with Gasteiger partial charge in [0.1, 0.15) is 12.1 Å². The van der Waals surface area contributed by atoms with Crippen molar-refractivity contribution in [2.75, 3.05) is 27.2 Å². The largest absolute Gasteiger partial charge is 0.346 e. The number of nitrogens with two attached hydrogens (primary N) is 1. The number of hydrogen-bond donors (Lipinski definition) is 2. The van der Waals surface area contributed by atoms with Gasteiger partial charge in [-0.2, -0.15) is 9.30 Å². The molecule has 2 aromatic rings. The topological polar surface area (TPSA) is 72.4 Å². The van der Waals surface area contributed by atoms with Gasteiger partial charge in [-0.15, -0.1) is 0 Å². The van der Waals surface area contributed by atoms with Crippen molar-refractivity contribution in [1.29, 1.82) is 0 Å². The van der Waals surface area contributed by atoms with E-state index < -0.39 is 5.54 Å². The molecule has 3 N–H and O–H groups in total. The molecule has 1 aliphatic rings. The van der Waals surface area contributed by atoms with Crippen LogP contribution in [-0.4, -0.2) is 44.0 Å². The van der Waals surface area contributed by atoms with Crippen LogP contribution in [-0.2, 0) is 20.9 Å². The Balaban J connectivity index is 2.02. The zero-order chi connectivity index (χ0) is 20.1. The van der Waals surface area contributed by atoms with Crippen molar-refractivity contribution in [3.05, 3.63) is 71.3 Å². The first-order valence-electron chi connectivity index (χ1n) is 9.28. The highest BCUT2D eigenvalue weighted by atomic mass is 32.2. The second-order valence-electron chi connectivity index (χ2n) is 7.02. The van der Waals surface area contributed by atoms with Crippen molar-refractivity contribution in [3.8, 4) is 0 Å². The van der Waals surface area contributed by atoms with Crippen LogP contribution in [0.5, 0.6) is 0 Å². The smallest absolute Gasteiger partial charge is 0.308 e. The number of likely N-dealkylation sites (N-methyl/N-ethyl adjacent to an activating group) is 1. The van der Waals surface area contributed by atoms with E-state index in [0.717, 1.165) is 27.4 Å². The summed E-state index contributed by atoms with van der Waals surface area (Å²) in [5, 5.41) is 0. The molecule has 0 aliphatic carbocycles. The fourth-order valence-corrected chi connectivity index (χ4v) is 3.71. The number of benzene rings is 2. The number of aliphatic imine (C=N–C) groups is 1. The van der Waals surface area contributed by atoms with Gasteiger partial charge >= 0.3 is 5.96 Å². The number of quaternary nitrogens is 1. The lowest BCUT2D eigenvalue weighted by Crippen LogP contribution is -3.07. The molecule has 0 bridgehead atoms. The quantitative estimate of drug-likeness (QED) is 0.589. The molecular weight excluding hydrogens is 372 g/mol. The van der Waals surface area contributed by atoms with E-state index in [1.807, 2.05) is 38.4 Å². The predicted octanol–water partition coefficient (Wildman–Crippen LogP) is 1.37. The number of hydrogen-bond acceptors (Lipinski definition) is 5. The average Bonchev–Trinajstić information content (AvgIpc) is 2.86. The first kappa shape index (κ1) is 20.4. The highest BCUT2D eigenvalue weighted by Crippen LogP contribution is 2.36. The van der Waals surface area contributed by atoms with E-state index in [1.54, 1.807) is 11.8 Å². The van der Waals surface area contributed by atoms with Crippen LogP contribution in [0.2, 0.25) is 0 Å². The lowest BCUT2D eigenvalue weighted by molar-refractivity contribution is -0.624. The van der Waals surface area contributed by atoms with Crippen LogP contribution in [0.25, 0.3) is 0 Å². The van der Waals surface area contributed by atoms with Crippen molar-refractivity contribution < 1.29 is 13.3 Å². The molecule has 2 aromatic carbocycles. The minimum Gasteiger partial charge on any atom is -0.346 e. The molecule has 0 radical (unpaired) electrons. The van der Waals surface area contributed by atoms with Crippen molar-refractivity contribution in [1.82, 2.24) is 4.90 Å². The third-order valence-corrected chi connectivity index (χ3v) is 5.75. The molecule has 2 unspecified atom stereocenters. The molecule has 6 nitrogen and oxygen atoms in total. The van der Waals surface area contributed by atoms with Crippen molar-refractivity contribution >= 4 is 24.1 Å². The summed E-state index contributed by atoms with van der Waals surface area (Å²) in [5.41, 5.74) is 8.76. The van der Waals surface area contributed by atoms with Crippen LogP contribution in [0, 0.1) is 0 Å². The highest BCUT2D eigenvalue weighted by molar-refractivity contribution is 7.88. The zero-order valence-electron chi connectivity index (χ0n) is 16.5. The van der Waals surface area contributed by atoms with Crippen LogP contribution < -0.4 is 10.0 Å². The second kappa shape index (κ2) is 8.77. The number of nitrogens with zero attached hydrogens (tertiary/aromatic N) is 2. The standard InChI is InChI=1S/C21H26N4O2S/c1-16(26)24(2)13-12-17-8-7-11-19(14-17)21(18-9-5-4-6-10-18)15-27-28-25(3)20(22)23-21/h4-11,14H,12-13,15H2,1-3H3,(H2,22,23)/p+1. The summed E-state index contributed by atoms with van der Waals surface area (Å²) in [6.45, 7) is 2.63. The van der Waals surface area contributed by atoms with Crippen molar-refractivity contribution in [3.63, 3.8) is 0 Å². The van der Waals surface area contributed by atoms with Gasteiger partial charge in [-0.05, 0) is 23.1 Å². The normalized spacial score (nSPS) is 22.2. The van der Waals surface area contributed by atoms with Crippen LogP contribution in [0.1, 0.15) is 23.6 Å². The van der Waals surface area contributed by atoms with Crippen LogP contribution >= 0.6 is 12.2 Å². The summed E-state index contributed by atoms with van der Waals surface area (Å²) in [6.07, 6.45) is 0.773. The molecule has 0 saturated carbocycles. The lowest BCUT2D eigenvalue weighted by atomic mass is 9.83. The van der Waals surface area contributed by atoms with Crippen LogP contribution in [0.15, 0.2) is 59.6 Å². The number of nitrogens with one attached hydrogen (secondary N) is 1. The monoisotopic (exact) mass is 399 g/mol. The first-order valence-corrected chi connectivity index (χ1v) is 10.0. The molecule has 148 valence electrons. The summed E-state index contributed by atoms with van der Waals surface area (Å²) < 4.78 is 6.76. The molecule has 1 aliphatic heterocycles. The Morgan fingerprint density at radius 2 is 1.96 bits per heavy atom. The maximum atomic E-state index is 11.5. The summed E-state index contributed by atoms with van der Waals surface area (Å²) in [4.78, 5) is 18.2. The van der Waals surface area contributed by atoms with Gasteiger partial charge in [0, 0.05) is 20.5 Å². The van der Waals surface area contributed by atoms with E-state index in [0.29, 0.717) is 19.1 Å². The minimum absolute atomic E-state index is 0.0643. The molecule has 3 rings (SSSR count). The van der Waals surface area contributed by atoms with Gasteiger partial charge in [0.2, 0.25) is 5.91 Å². The summed E-state index contributed by atoms with van der Waals surface area (Å²) >= 11 is 1.28. The summed E-state index contributed by atoms with van der Waals surface area (Å²) in [6, 6.07) is 18.4. The zero-order valence-corrected chi connectivity index (χ0v) is 17.3. The Labute approximate surface area is 170 Å². The van der Waals surface area contributed by atoms with Gasteiger partial charge in [0.15, 0.2) is 0 Å². The molecule has 0 aromatic heterocycles. The second-order valence-corrected chi connectivity index (χ2v) is 8.03. The summed E-state index contributed by atoms with van der Waals surface area (Å²) in [7, 11) is 3.73. The van der Waals surface area contributed by atoms with E-state index in [2.05, 4.69) is 30.3 Å². The van der Waals surface area contributed by atoms with E-state index in [1.165, 1.54) is 12.2 Å². The number of amides is 1. The number of carbonyl (C=O) groups is 1. The predicted molar refractivity (Wildman–Crippen MR) is 113 cm³/mol. The number of guanidine groups is 1. The van der Waals surface area contributed by atoms with E-state index >= 15 is 0 Å². The van der Waals surface area contributed by atoms with Gasteiger partial charge in [-0.3, -0.25) is 8.98 Å². The summed E-state index contributed by atoms with van der Waals surface area (Å²) in [5.74, 6) is 0.558. The Morgan fingerprint density at radius 3 is 2.68 bits per heavy atom. The maximum Gasteiger partial charge on any atom is 0.308 e. The maximum absolute atomic E-state index is 11.5. The number of rotatable bonds is 5. The van der Waals surface area contributed by atoms with Crippen LogP contribution in [0.4, 0.5) is 0 Å². The average molecular weight is 400 g/mol. The fourth-order valence-electron chi connectivity index (χ4n) is 3.18. The van der Waals surface area contributed by atoms with E-state index in [9.17, 15) is 4.79 Å². The van der Waals surface area contributed by atoms with Crippen molar-refractivity contribution in [2.45, 2.75) is 18.9 Å². The van der Waals surface area contributed by atoms with Gasteiger partial charge in [-0.1, -0.05) is 54.6 Å². The Morgan fingerprint density at radius 1 is 1.25 bits per heavy atom. The molecule has 0 spiro atoms. The number of carbonyl (C=O) groups excluding carboxylic acids is 1. The van der Waals surface area contributed by atoms with Gasteiger partial charge in [-0.25, -0.2) is 0 Å². The molecule has 28 heavy (non-hydrogen) atoms. The van der Waals surface area contributed by atoms with Crippen LogP contribution in [0.3, 0.4) is 0 Å². The van der Waals surface area contributed by atoms with Gasteiger partial charge in [0.05, 0.1) is 7.05 Å². The molecule has 1 heterocycles. The first-order chi connectivity index (χ1) is 13.4. The SMILES string of the molecule is CC(=O)N(C)CCc1cccc(C2(c3ccccc3)COS[NH+](C)C(N)=N2)c1. The molecular formula is C21H27N4O2S+. The third-order valence-electron chi connectivity index (χ3n) is 5.05. The van der Waals surface area contributed by atoms with Crippen molar-refractivity contribution in [2.24, 2.45) is 10.7 Å². The molecule has 0 saturated heterocycles. The molecule has 1 amide bonds. The Hall–Kier alpha value is -2.35.